The average molecular weight is 403 g/mol. The van der Waals surface area contributed by atoms with Gasteiger partial charge in [-0.05, 0) is 48.4 Å². The van der Waals surface area contributed by atoms with Gasteiger partial charge in [0.1, 0.15) is 22.7 Å². The summed E-state index contributed by atoms with van der Waals surface area (Å²) in [6.07, 6.45) is 0.712. The molecule has 6 nitrogen and oxygen atoms in total. The molecule has 0 saturated carbocycles. The Morgan fingerprint density at radius 2 is 1.67 bits per heavy atom. The summed E-state index contributed by atoms with van der Waals surface area (Å²) in [7, 11) is 1.63. The summed E-state index contributed by atoms with van der Waals surface area (Å²) in [6.45, 7) is 0.388. The Morgan fingerprint density at radius 1 is 0.933 bits per heavy atom. The van der Waals surface area contributed by atoms with Crippen molar-refractivity contribution in [3.8, 4) is 11.5 Å². The quantitative estimate of drug-likeness (QED) is 0.476. The number of para-hydroxylation sites is 1. The molecule has 6 heteroatoms. The molecule has 1 aromatic heterocycles. The molecule has 0 fully saturated rings. The number of carbonyl (C=O) groups excluding carboxylic acids is 1. The van der Waals surface area contributed by atoms with Gasteiger partial charge in [-0.15, -0.1) is 0 Å². The maximum Gasteiger partial charge on any atom is 0.257 e. The number of methoxy groups -OCH3 is 1. The van der Waals surface area contributed by atoms with Crippen LogP contribution in [0.25, 0.3) is 21.9 Å². The lowest BCUT2D eigenvalue weighted by Crippen LogP contribution is -2.30. The van der Waals surface area contributed by atoms with E-state index in [1.807, 2.05) is 30.3 Å². The van der Waals surface area contributed by atoms with Gasteiger partial charge in [0.2, 0.25) is 5.43 Å². The fraction of sp³-hybridized carbons (Fsp3) is 0.167. The lowest BCUT2D eigenvalue weighted by Gasteiger charge is -2.09. The standard InChI is InChI=1S/C24H21NO5/c1-28-17-8-6-16(7-9-17)12-13-25-23(26)15-29-18-10-11-20-22(14-18)30-21-5-3-2-4-19(21)24(20)27/h2-11,14H,12-13,15H2,1H3,(H,25,26). The van der Waals surface area contributed by atoms with E-state index in [1.165, 1.54) is 0 Å². The van der Waals surface area contributed by atoms with Crippen LogP contribution >= 0.6 is 0 Å². The number of fused-ring (bicyclic) bond motifs is 2. The number of benzene rings is 3. The van der Waals surface area contributed by atoms with Crippen molar-refractivity contribution in [1.82, 2.24) is 5.32 Å². The van der Waals surface area contributed by atoms with Crippen molar-refractivity contribution in [3.63, 3.8) is 0 Å². The third kappa shape index (κ3) is 4.27. The fourth-order valence-corrected chi connectivity index (χ4v) is 3.21. The highest BCUT2D eigenvalue weighted by Crippen LogP contribution is 2.22. The van der Waals surface area contributed by atoms with E-state index in [4.69, 9.17) is 13.9 Å². The van der Waals surface area contributed by atoms with E-state index in [-0.39, 0.29) is 17.9 Å². The molecular weight excluding hydrogens is 382 g/mol. The highest BCUT2D eigenvalue weighted by atomic mass is 16.5. The van der Waals surface area contributed by atoms with Gasteiger partial charge >= 0.3 is 0 Å². The molecule has 0 aliphatic rings. The highest BCUT2D eigenvalue weighted by molar-refractivity contribution is 5.90. The van der Waals surface area contributed by atoms with Crippen LogP contribution in [-0.4, -0.2) is 26.2 Å². The second-order valence-electron chi connectivity index (χ2n) is 6.82. The Balaban J connectivity index is 1.35. The van der Waals surface area contributed by atoms with E-state index in [0.717, 1.165) is 11.3 Å². The minimum absolute atomic E-state index is 0.0883. The van der Waals surface area contributed by atoms with Crippen LogP contribution in [0, 0.1) is 0 Å². The third-order valence-corrected chi connectivity index (χ3v) is 4.81. The predicted molar refractivity (Wildman–Crippen MR) is 115 cm³/mol. The van der Waals surface area contributed by atoms with Crippen LogP contribution < -0.4 is 20.2 Å². The van der Waals surface area contributed by atoms with Crippen LogP contribution in [0.15, 0.2) is 75.9 Å². The molecule has 1 heterocycles. The number of ether oxygens (including phenoxy) is 2. The van der Waals surface area contributed by atoms with E-state index in [2.05, 4.69) is 5.32 Å². The summed E-state index contributed by atoms with van der Waals surface area (Å²) in [5.41, 5.74) is 1.96. The van der Waals surface area contributed by atoms with E-state index >= 15 is 0 Å². The predicted octanol–water partition coefficient (Wildman–Crippen LogP) is 3.69. The summed E-state index contributed by atoms with van der Waals surface area (Å²) >= 11 is 0. The van der Waals surface area contributed by atoms with Gasteiger partial charge in [0.15, 0.2) is 6.61 Å². The normalized spacial score (nSPS) is 10.8. The average Bonchev–Trinajstić information content (AvgIpc) is 2.78. The summed E-state index contributed by atoms with van der Waals surface area (Å²) in [5, 5.41) is 3.85. The number of hydrogen-bond acceptors (Lipinski definition) is 5. The Labute approximate surface area is 173 Å². The Bertz CT molecular complexity index is 1240. The van der Waals surface area contributed by atoms with Crippen LogP contribution in [0.5, 0.6) is 11.5 Å². The zero-order valence-electron chi connectivity index (χ0n) is 16.5. The van der Waals surface area contributed by atoms with Crippen molar-refractivity contribution in [2.24, 2.45) is 0 Å². The van der Waals surface area contributed by atoms with Gasteiger partial charge < -0.3 is 19.2 Å². The molecule has 0 radical (unpaired) electrons. The Kier molecular flexibility index (Phi) is 5.66. The minimum Gasteiger partial charge on any atom is -0.497 e. The van der Waals surface area contributed by atoms with Crippen molar-refractivity contribution in [1.29, 1.82) is 0 Å². The highest BCUT2D eigenvalue weighted by Gasteiger charge is 2.09. The van der Waals surface area contributed by atoms with Crippen LogP contribution in [-0.2, 0) is 11.2 Å². The molecule has 152 valence electrons. The first-order chi connectivity index (χ1) is 14.6. The van der Waals surface area contributed by atoms with Crippen molar-refractivity contribution in [2.45, 2.75) is 6.42 Å². The van der Waals surface area contributed by atoms with Crippen LogP contribution in [0.2, 0.25) is 0 Å². The summed E-state index contributed by atoms with van der Waals surface area (Å²) in [6, 6.07) is 19.8. The molecule has 0 spiro atoms. The van der Waals surface area contributed by atoms with Gasteiger partial charge in [-0.1, -0.05) is 24.3 Å². The molecule has 0 aliphatic heterocycles. The number of rotatable bonds is 7. The SMILES string of the molecule is COc1ccc(CCNC(=O)COc2ccc3c(=O)c4ccccc4oc3c2)cc1. The first kappa shape index (κ1) is 19.5. The monoisotopic (exact) mass is 403 g/mol. The van der Waals surface area contributed by atoms with Gasteiger partial charge in [0, 0.05) is 12.6 Å². The molecule has 0 bridgehead atoms. The van der Waals surface area contributed by atoms with Crippen molar-refractivity contribution in [3.05, 3.63) is 82.5 Å². The summed E-state index contributed by atoms with van der Waals surface area (Å²) in [5.74, 6) is 1.05. The third-order valence-electron chi connectivity index (χ3n) is 4.81. The summed E-state index contributed by atoms with van der Waals surface area (Å²) in [4.78, 5) is 24.6. The lowest BCUT2D eigenvalue weighted by molar-refractivity contribution is -0.123. The molecule has 0 atom stereocenters. The number of amides is 1. The van der Waals surface area contributed by atoms with Crippen molar-refractivity contribution < 1.29 is 18.7 Å². The lowest BCUT2D eigenvalue weighted by atomic mass is 10.1. The number of hydrogen-bond donors (Lipinski definition) is 1. The molecule has 30 heavy (non-hydrogen) atoms. The maximum absolute atomic E-state index is 12.6. The molecular formula is C24H21NO5. The van der Waals surface area contributed by atoms with E-state index in [9.17, 15) is 9.59 Å². The van der Waals surface area contributed by atoms with Crippen LogP contribution in [0.1, 0.15) is 5.56 Å². The second kappa shape index (κ2) is 8.69. The topological polar surface area (TPSA) is 77.8 Å². The fourth-order valence-electron chi connectivity index (χ4n) is 3.21. The van der Waals surface area contributed by atoms with Gasteiger partial charge in [-0.2, -0.15) is 0 Å². The molecule has 1 amide bonds. The molecule has 1 N–H and O–H groups in total. The Morgan fingerprint density at radius 3 is 2.47 bits per heavy atom. The van der Waals surface area contributed by atoms with Gasteiger partial charge in [-0.3, -0.25) is 9.59 Å². The van der Waals surface area contributed by atoms with Crippen molar-refractivity contribution in [2.75, 3.05) is 20.3 Å². The van der Waals surface area contributed by atoms with E-state index in [0.29, 0.717) is 40.7 Å². The maximum atomic E-state index is 12.6. The van der Waals surface area contributed by atoms with Crippen molar-refractivity contribution >= 4 is 27.8 Å². The first-order valence-corrected chi connectivity index (χ1v) is 9.62. The van der Waals surface area contributed by atoms with Crippen LogP contribution in [0.4, 0.5) is 0 Å². The summed E-state index contributed by atoms with van der Waals surface area (Å²) < 4.78 is 16.5. The Hall–Kier alpha value is -3.80. The van der Waals surface area contributed by atoms with E-state index < -0.39 is 0 Å². The minimum atomic E-state index is -0.219. The first-order valence-electron chi connectivity index (χ1n) is 9.62. The molecule has 3 aromatic carbocycles. The molecule has 0 aliphatic carbocycles. The zero-order chi connectivity index (χ0) is 20.9. The molecule has 0 unspecified atom stereocenters. The van der Waals surface area contributed by atoms with Crippen LogP contribution in [0.3, 0.4) is 0 Å². The van der Waals surface area contributed by atoms with Gasteiger partial charge in [0.05, 0.1) is 17.9 Å². The van der Waals surface area contributed by atoms with Gasteiger partial charge in [-0.25, -0.2) is 0 Å². The smallest absolute Gasteiger partial charge is 0.257 e. The van der Waals surface area contributed by atoms with E-state index in [1.54, 1.807) is 43.5 Å². The molecule has 4 rings (SSSR count). The largest absolute Gasteiger partial charge is 0.497 e. The second-order valence-corrected chi connectivity index (χ2v) is 6.82. The number of carbonyl (C=O) groups is 1. The molecule has 0 saturated heterocycles. The zero-order valence-corrected chi connectivity index (χ0v) is 16.5. The molecule has 4 aromatic rings. The number of nitrogens with one attached hydrogen (secondary N) is 1. The van der Waals surface area contributed by atoms with Gasteiger partial charge in [0.25, 0.3) is 5.91 Å².